The van der Waals surface area contributed by atoms with E-state index in [2.05, 4.69) is 10.2 Å². The van der Waals surface area contributed by atoms with Gasteiger partial charge in [-0.15, -0.1) is 10.2 Å². The summed E-state index contributed by atoms with van der Waals surface area (Å²) >= 11 is 0. The number of halogens is 3. The van der Waals surface area contributed by atoms with Crippen LogP contribution in [0.2, 0.25) is 0 Å². The third-order valence-corrected chi connectivity index (χ3v) is 4.83. The summed E-state index contributed by atoms with van der Waals surface area (Å²) in [5, 5.41) is 10.7. The molecule has 1 aromatic heterocycles. The minimum absolute atomic E-state index is 0.00640. The number of amides is 1. The van der Waals surface area contributed by atoms with Crippen molar-refractivity contribution in [1.82, 2.24) is 15.1 Å². The molecule has 1 aliphatic rings. The molecule has 0 spiro atoms. The molecule has 1 saturated heterocycles. The average Bonchev–Trinajstić information content (AvgIpc) is 2.72. The van der Waals surface area contributed by atoms with Crippen LogP contribution in [-0.4, -0.2) is 53.4 Å². The van der Waals surface area contributed by atoms with Crippen LogP contribution in [0, 0.1) is 0 Å². The molecular weight excluding hydrogens is 369 g/mol. The molecular formula is C20H17F3N4O. The van der Waals surface area contributed by atoms with Gasteiger partial charge in [0.25, 0.3) is 0 Å². The lowest BCUT2D eigenvalue weighted by Gasteiger charge is -2.35. The maximum Gasteiger partial charge on any atom is 0.471 e. The topological polar surface area (TPSA) is 49.3 Å². The van der Waals surface area contributed by atoms with Gasteiger partial charge in [-0.25, -0.2) is 0 Å². The molecule has 0 saturated carbocycles. The number of alkyl halides is 3. The van der Waals surface area contributed by atoms with Crippen LogP contribution in [0.1, 0.15) is 0 Å². The minimum Gasteiger partial charge on any atom is -0.352 e. The predicted molar refractivity (Wildman–Crippen MR) is 99.8 cm³/mol. The van der Waals surface area contributed by atoms with Crippen molar-refractivity contribution in [2.24, 2.45) is 0 Å². The zero-order valence-electron chi connectivity index (χ0n) is 14.9. The highest BCUT2D eigenvalue weighted by molar-refractivity contribution is 5.86. The van der Waals surface area contributed by atoms with Crippen molar-refractivity contribution in [3.63, 3.8) is 0 Å². The Bertz CT molecular complexity index is 996. The second kappa shape index (κ2) is 7.10. The van der Waals surface area contributed by atoms with Crippen molar-refractivity contribution in [3.05, 3.63) is 54.6 Å². The number of fused-ring (bicyclic) bond motifs is 1. The molecule has 2 heterocycles. The summed E-state index contributed by atoms with van der Waals surface area (Å²) in [6.07, 6.45) is -4.83. The first-order valence-electron chi connectivity index (χ1n) is 8.86. The Morgan fingerprint density at radius 2 is 1.57 bits per heavy atom. The summed E-state index contributed by atoms with van der Waals surface area (Å²) in [7, 11) is 0. The number of benzene rings is 2. The van der Waals surface area contributed by atoms with Crippen molar-refractivity contribution in [2.75, 3.05) is 31.1 Å². The van der Waals surface area contributed by atoms with Gasteiger partial charge >= 0.3 is 12.1 Å². The molecule has 4 rings (SSSR count). The van der Waals surface area contributed by atoms with Gasteiger partial charge in [0.2, 0.25) is 0 Å². The number of hydrogen-bond donors (Lipinski definition) is 0. The zero-order valence-corrected chi connectivity index (χ0v) is 14.9. The van der Waals surface area contributed by atoms with E-state index in [1.807, 2.05) is 53.4 Å². The Labute approximate surface area is 159 Å². The van der Waals surface area contributed by atoms with Crippen molar-refractivity contribution < 1.29 is 18.0 Å². The molecule has 144 valence electrons. The maximum atomic E-state index is 12.5. The Morgan fingerprint density at radius 1 is 0.857 bits per heavy atom. The first-order valence-corrected chi connectivity index (χ1v) is 8.86. The fraction of sp³-hybridized carbons (Fsp3) is 0.250. The predicted octanol–water partition coefficient (Wildman–Crippen LogP) is 3.51. The fourth-order valence-corrected chi connectivity index (χ4v) is 3.31. The van der Waals surface area contributed by atoms with Gasteiger partial charge in [0.15, 0.2) is 5.82 Å². The Hall–Kier alpha value is -3.16. The average molecular weight is 386 g/mol. The maximum absolute atomic E-state index is 12.5. The molecule has 0 radical (unpaired) electrons. The van der Waals surface area contributed by atoms with Gasteiger partial charge in [-0.05, 0) is 29.0 Å². The fourth-order valence-electron chi connectivity index (χ4n) is 3.31. The first kappa shape index (κ1) is 18.2. The molecule has 3 aromatic rings. The summed E-state index contributed by atoms with van der Waals surface area (Å²) in [6.45, 7) is 0.580. The van der Waals surface area contributed by atoms with Crippen LogP contribution in [0.15, 0.2) is 54.6 Å². The van der Waals surface area contributed by atoms with E-state index in [0.717, 1.165) is 26.9 Å². The lowest BCUT2D eigenvalue weighted by Crippen LogP contribution is -2.52. The molecule has 8 heteroatoms. The van der Waals surface area contributed by atoms with Crippen molar-refractivity contribution >= 4 is 22.5 Å². The third-order valence-electron chi connectivity index (χ3n) is 4.83. The Balaban J connectivity index is 1.46. The second-order valence-electron chi connectivity index (χ2n) is 6.62. The van der Waals surface area contributed by atoms with Crippen LogP contribution in [0.5, 0.6) is 0 Å². The first-order chi connectivity index (χ1) is 13.4. The molecule has 0 atom stereocenters. The number of hydrogen-bond acceptors (Lipinski definition) is 4. The number of piperazine rings is 1. The monoisotopic (exact) mass is 386 g/mol. The lowest BCUT2D eigenvalue weighted by molar-refractivity contribution is -0.185. The molecule has 2 aromatic carbocycles. The van der Waals surface area contributed by atoms with E-state index in [-0.39, 0.29) is 26.2 Å². The number of nitrogens with zero attached hydrogens (tertiary/aromatic N) is 4. The van der Waals surface area contributed by atoms with Gasteiger partial charge in [-0.3, -0.25) is 4.79 Å². The quantitative estimate of drug-likeness (QED) is 0.676. The van der Waals surface area contributed by atoms with Gasteiger partial charge < -0.3 is 9.80 Å². The largest absolute Gasteiger partial charge is 0.471 e. The van der Waals surface area contributed by atoms with Crippen LogP contribution in [0.3, 0.4) is 0 Å². The smallest absolute Gasteiger partial charge is 0.352 e. The number of carbonyl (C=O) groups is 1. The van der Waals surface area contributed by atoms with Crippen LogP contribution >= 0.6 is 0 Å². The van der Waals surface area contributed by atoms with E-state index in [4.69, 9.17) is 0 Å². The van der Waals surface area contributed by atoms with Crippen LogP contribution in [0.4, 0.5) is 19.0 Å². The zero-order chi connectivity index (χ0) is 19.7. The van der Waals surface area contributed by atoms with Crippen LogP contribution < -0.4 is 4.90 Å². The minimum atomic E-state index is -4.83. The van der Waals surface area contributed by atoms with Gasteiger partial charge in [0, 0.05) is 31.7 Å². The summed E-state index contributed by atoms with van der Waals surface area (Å²) in [5.41, 5.74) is 1.67. The van der Waals surface area contributed by atoms with Crippen LogP contribution in [-0.2, 0) is 4.79 Å². The van der Waals surface area contributed by atoms with E-state index in [1.165, 1.54) is 0 Å². The number of carbonyl (C=O) groups excluding carboxylic acids is 1. The van der Waals surface area contributed by atoms with E-state index in [0.29, 0.717) is 5.82 Å². The summed E-state index contributed by atoms with van der Waals surface area (Å²) in [6, 6.07) is 17.7. The third kappa shape index (κ3) is 3.62. The van der Waals surface area contributed by atoms with Gasteiger partial charge in [0.1, 0.15) is 0 Å². The van der Waals surface area contributed by atoms with Gasteiger partial charge in [-0.2, -0.15) is 13.2 Å². The summed E-state index contributed by atoms with van der Waals surface area (Å²) < 4.78 is 37.6. The number of anilines is 1. The highest BCUT2D eigenvalue weighted by atomic mass is 19.4. The highest BCUT2D eigenvalue weighted by Crippen LogP contribution is 2.24. The normalized spacial score (nSPS) is 15.1. The molecule has 1 amide bonds. The van der Waals surface area contributed by atoms with Crippen molar-refractivity contribution in [1.29, 1.82) is 0 Å². The molecule has 5 nitrogen and oxygen atoms in total. The van der Waals surface area contributed by atoms with Gasteiger partial charge in [-0.1, -0.05) is 36.4 Å². The molecule has 1 aliphatic heterocycles. The Morgan fingerprint density at radius 3 is 2.21 bits per heavy atom. The number of rotatable bonds is 2. The molecule has 28 heavy (non-hydrogen) atoms. The summed E-state index contributed by atoms with van der Waals surface area (Å²) in [5.74, 6) is -1.20. The standard InChI is InChI=1S/C20H17F3N4O/c21-20(22,23)19(28)27-11-9-26(10-12-27)18-8-7-17(24-25-18)16-6-5-14-3-1-2-4-15(14)13-16/h1-8,13H,9-12H2. The van der Waals surface area contributed by atoms with Crippen molar-refractivity contribution in [2.45, 2.75) is 6.18 Å². The number of aromatic nitrogens is 2. The molecule has 0 aliphatic carbocycles. The molecule has 0 unspecified atom stereocenters. The Kier molecular flexibility index (Phi) is 4.62. The van der Waals surface area contributed by atoms with E-state index in [9.17, 15) is 18.0 Å². The molecule has 0 bridgehead atoms. The van der Waals surface area contributed by atoms with E-state index in [1.54, 1.807) is 6.07 Å². The second-order valence-corrected chi connectivity index (χ2v) is 6.62. The van der Waals surface area contributed by atoms with E-state index < -0.39 is 12.1 Å². The van der Waals surface area contributed by atoms with Crippen LogP contribution in [0.25, 0.3) is 22.0 Å². The van der Waals surface area contributed by atoms with Crippen molar-refractivity contribution in [3.8, 4) is 11.3 Å². The SMILES string of the molecule is O=C(N1CCN(c2ccc(-c3ccc4ccccc4c3)nn2)CC1)C(F)(F)F. The lowest BCUT2D eigenvalue weighted by atomic mass is 10.1. The molecule has 0 N–H and O–H groups in total. The van der Waals surface area contributed by atoms with E-state index >= 15 is 0 Å². The molecule has 1 fully saturated rings. The summed E-state index contributed by atoms with van der Waals surface area (Å²) in [4.78, 5) is 14.0. The highest BCUT2D eigenvalue weighted by Gasteiger charge is 2.43. The van der Waals surface area contributed by atoms with Gasteiger partial charge in [0.05, 0.1) is 5.69 Å².